The van der Waals surface area contributed by atoms with Crippen LogP contribution in [-0.4, -0.2) is 65.0 Å². The molecule has 0 saturated carbocycles. The fourth-order valence-corrected chi connectivity index (χ4v) is 7.37. The number of cyclic esters (lactones) is 1. The maximum Gasteiger partial charge on any atom is 0.334 e. The molecule has 3 rings (SSSR count). The number of aliphatic hydroxyl groups excluding tert-OH is 2. The van der Waals surface area contributed by atoms with Gasteiger partial charge in [0.05, 0.1) is 42.7 Å². The second kappa shape index (κ2) is 22.3. The molecular formula is C37H65NO7. The Kier molecular flexibility index (Phi) is 18.8. The summed E-state index contributed by atoms with van der Waals surface area (Å²) in [7, 11) is 0. The lowest BCUT2D eigenvalue weighted by molar-refractivity contribution is -0.139. The molecule has 0 spiro atoms. The van der Waals surface area contributed by atoms with E-state index in [9.17, 15) is 19.9 Å². The van der Waals surface area contributed by atoms with Crippen LogP contribution in [0.25, 0.3) is 0 Å². The van der Waals surface area contributed by atoms with Crippen molar-refractivity contribution in [2.24, 2.45) is 5.18 Å². The summed E-state index contributed by atoms with van der Waals surface area (Å²) in [5.41, 5.74) is 0.814. The van der Waals surface area contributed by atoms with Crippen LogP contribution in [0.3, 0.4) is 0 Å². The van der Waals surface area contributed by atoms with Crippen LogP contribution < -0.4 is 0 Å². The van der Waals surface area contributed by atoms with Gasteiger partial charge in [0, 0.05) is 5.57 Å². The molecule has 2 saturated heterocycles. The molecule has 0 aliphatic carbocycles. The minimum Gasteiger partial charge on any atom is -0.455 e. The van der Waals surface area contributed by atoms with Crippen molar-refractivity contribution in [3.05, 3.63) is 16.6 Å². The SMILES string of the molecule is CCCCCCCCCC[C@H](O)[C@H]1CC[C@H]([C@H]2CC[C@H]([C@H](O)CCCCC(CCCCCCCC3=C[C@H](C)OC3=O)N=O)O2)O1. The summed E-state index contributed by atoms with van der Waals surface area (Å²) in [6.07, 6.45) is 25.3. The van der Waals surface area contributed by atoms with Gasteiger partial charge in [0.15, 0.2) is 0 Å². The third-order valence-electron chi connectivity index (χ3n) is 10.2. The van der Waals surface area contributed by atoms with E-state index in [0.717, 1.165) is 108 Å². The van der Waals surface area contributed by atoms with Crippen LogP contribution in [0.15, 0.2) is 16.8 Å². The van der Waals surface area contributed by atoms with Crippen LogP contribution in [-0.2, 0) is 19.0 Å². The lowest BCUT2D eigenvalue weighted by Gasteiger charge is -2.24. The predicted octanol–water partition coefficient (Wildman–Crippen LogP) is 8.63. The van der Waals surface area contributed by atoms with Crippen molar-refractivity contribution in [3.8, 4) is 0 Å². The van der Waals surface area contributed by atoms with Gasteiger partial charge in [-0.15, -0.1) is 0 Å². The van der Waals surface area contributed by atoms with Crippen LogP contribution in [0.2, 0.25) is 0 Å². The van der Waals surface area contributed by atoms with Crippen molar-refractivity contribution in [2.75, 3.05) is 0 Å². The molecule has 2 N–H and O–H groups in total. The molecule has 0 aromatic rings. The molecule has 3 aliphatic heterocycles. The minimum absolute atomic E-state index is 0.00798. The number of carbonyl (C=O) groups is 1. The van der Waals surface area contributed by atoms with Gasteiger partial charge in [-0.05, 0) is 77.2 Å². The number of carbonyl (C=O) groups excluding carboxylic acids is 1. The highest BCUT2D eigenvalue weighted by Gasteiger charge is 2.40. The first kappa shape index (κ1) is 38.1. The zero-order valence-electron chi connectivity index (χ0n) is 28.5. The van der Waals surface area contributed by atoms with Gasteiger partial charge in [0.2, 0.25) is 0 Å². The zero-order valence-corrected chi connectivity index (χ0v) is 28.5. The number of nitroso groups, excluding NO2 is 1. The summed E-state index contributed by atoms with van der Waals surface area (Å²) in [5, 5.41) is 24.9. The van der Waals surface area contributed by atoms with Crippen molar-refractivity contribution in [2.45, 2.75) is 217 Å². The summed E-state index contributed by atoms with van der Waals surface area (Å²) in [6.45, 7) is 4.13. The summed E-state index contributed by atoms with van der Waals surface area (Å²) < 4.78 is 17.7. The smallest absolute Gasteiger partial charge is 0.334 e. The molecule has 8 heteroatoms. The number of nitrogens with zero attached hydrogens (tertiary/aromatic N) is 1. The number of esters is 1. The fraction of sp³-hybridized carbons (Fsp3) is 0.919. The highest BCUT2D eigenvalue weighted by molar-refractivity contribution is 5.90. The first-order valence-corrected chi connectivity index (χ1v) is 18.8. The molecule has 8 nitrogen and oxygen atoms in total. The average Bonchev–Trinajstić information content (AvgIpc) is 3.79. The van der Waals surface area contributed by atoms with E-state index in [1.54, 1.807) is 0 Å². The van der Waals surface area contributed by atoms with E-state index in [1.807, 2.05) is 13.0 Å². The van der Waals surface area contributed by atoms with Crippen LogP contribution >= 0.6 is 0 Å². The molecule has 3 heterocycles. The van der Waals surface area contributed by atoms with E-state index < -0.39 is 6.10 Å². The second-order valence-electron chi connectivity index (χ2n) is 14.1. The van der Waals surface area contributed by atoms with E-state index in [1.165, 1.54) is 44.9 Å². The molecule has 0 radical (unpaired) electrons. The van der Waals surface area contributed by atoms with Gasteiger partial charge in [0.1, 0.15) is 6.10 Å². The Morgan fingerprint density at radius 3 is 1.69 bits per heavy atom. The molecule has 0 aromatic carbocycles. The number of hydrogen-bond donors (Lipinski definition) is 2. The number of hydrogen-bond acceptors (Lipinski definition) is 8. The van der Waals surface area contributed by atoms with E-state index in [0.29, 0.717) is 6.42 Å². The molecule has 8 atom stereocenters. The van der Waals surface area contributed by atoms with E-state index in [2.05, 4.69) is 12.1 Å². The van der Waals surface area contributed by atoms with Gasteiger partial charge in [0.25, 0.3) is 0 Å². The standard InChI is InChI=1S/C37H65NO7/c1-3-4-5-6-7-8-12-15-21-31(39)33-23-25-35(44-33)36-26-24-34(45-36)32(40)22-17-16-20-30(38-42)19-14-11-9-10-13-18-29-27-28(2)43-37(29)41/h27-28,30-36,39-40H,3-26H2,1-2H3/t28-,30?,31-,32+,33+,34+,35+,36+/m0/s1. The largest absolute Gasteiger partial charge is 0.455 e. The summed E-state index contributed by atoms with van der Waals surface area (Å²) >= 11 is 0. The van der Waals surface area contributed by atoms with Gasteiger partial charge in [-0.3, -0.25) is 0 Å². The molecule has 45 heavy (non-hydrogen) atoms. The summed E-state index contributed by atoms with van der Waals surface area (Å²) in [5.74, 6) is -0.164. The Hall–Kier alpha value is -1.35. The number of ether oxygens (including phenoxy) is 3. The average molecular weight is 636 g/mol. The lowest BCUT2D eigenvalue weighted by atomic mass is 9.98. The van der Waals surface area contributed by atoms with Crippen LogP contribution in [0.4, 0.5) is 0 Å². The topological polar surface area (TPSA) is 115 Å². The summed E-state index contributed by atoms with van der Waals surface area (Å²) in [6, 6.07) is -0.146. The lowest BCUT2D eigenvalue weighted by Crippen LogP contribution is -2.33. The molecule has 1 unspecified atom stereocenters. The molecule has 0 aromatic heterocycles. The molecular weight excluding hydrogens is 570 g/mol. The Labute approximate surface area is 273 Å². The Morgan fingerprint density at radius 1 is 0.711 bits per heavy atom. The van der Waals surface area contributed by atoms with Crippen LogP contribution in [0.1, 0.15) is 168 Å². The third kappa shape index (κ3) is 14.5. The normalized spacial score (nSPS) is 27.0. The van der Waals surface area contributed by atoms with Crippen molar-refractivity contribution >= 4 is 5.97 Å². The van der Waals surface area contributed by atoms with Gasteiger partial charge < -0.3 is 24.4 Å². The molecule has 3 aliphatic rings. The van der Waals surface area contributed by atoms with Gasteiger partial charge >= 0.3 is 5.97 Å². The van der Waals surface area contributed by atoms with Crippen molar-refractivity contribution < 1.29 is 29.2 Å². The quantitative estimate of drug-likeness (QED) is 0.0555. The maximum absolute atomic E-state index is 11.7. The second-order valence-corrected chi connectivity index (χ2v) is 14.1. The van der Waals surface area contributed by atoms with Gasteiger partial charge in [-0.1, -0.05) is 102 Å². The van der Waals surface area contributed by atoms with E-state index in [4.69, 9.17) is 14.2 Å². The first-order valence-electron chi connectivity index (χ1n) is 18.8. The third-order valence-corrected chi connectivity index (χ3v) is 10.2. The molecule has 260 valence electrons. The molecule has 0 amide bonds. The van der Waals surface area contributed by atoms with Gasteiger partial charge in [-0.2, -0.15) is 4.91 Å². The maximum atomic E-state index is 11.7. The van der Waals surface area contributed by atoms with Crippen molar-refractivity contribution in [3.63, 3.8) is 0 Å². The highest BCUT2D eigenvalue weighted by atomic mass is 16.6. The minimum atomic E-state index is -0.493. The Bertz CT molecular complexity index is 851. The van der Waals surface area contributed by atoms with Crippen LogP contribution in [0, 0.1) is 4.91 Å². The fourth-order valence-electron chi connectivity index (χ4n) is 7.37. The highest BCUT2D eigenvalue weighted by Crippen LogP contribution is 2.34. The Morgan fingerprint density at radius 2 is 1.18 bits per heavy atom. The van der Waals surface area contributed by atoms with E-state index in [-0.39, 0.29) is 48.6 Å². The van der Waals surface area contributed by atoms with Crippen molar-refractivity contribution in [1.29, 1.82) is 0 Å². The Balaban J connectivity index is 1.17. The zero-order chi connectivity index (χ0) is 32.3. The van der Waals surface area contributed by atoms with Crippen LogP contribution in [0.5, 0.6) is 0 Å². The molecule has 2 fully saturated rings. The van der Waals surface area contributed by atoms with Crippen molar-refractivity contribution in [1.82, 2.24) is 0 Å². The number of rotatable bonds is 26. The summed E-state index contributed by atoms with van der Waals surface area (Å²) in [4.78, 5) is 23.0. The number of aliphatic hydroxyl groups is 2. The monoisotopic (exact) mass is 635 g/mol. The molecule has 0 bridgehead atoms. The predicted molar refractivity (Wildman–Crippen MR) is 179 cm³/mol. The number of unbranched alkanes of at least 4 members (excludes halogenated alkanes) is 12. The first-order chi connectivity index (χ1) is 21.9. The van der Waals surface area contributed by atoms with Gasteiger partial charge in [-0.25, -0.2) is 4.79 Å². The van der Waals surface area contributed by atoms with E-state index >= 15 is 0 Å².